The Morgan fingerprint density at radius 3 is 2.56 bits per heavy atom. The van der Waals surface area contributed by atoms with Crippen molar-refractivity contribution in [3.05, 3.63) is 52.3 Å². The van der Waals surface area contributed by atoms with Crippen LogP contribution in [0.4, 0.5) is 18.0 Å². The third-order valence-electron chi connectivity index (χ3n) is 7.43. The molecule has 194 valence electrons. The number of hydrogen-bond acceptors (Lipinski definition) is 5. The summed E-state index contributed by atoms with van der Waals surface area (Å²) >= 11 is 0. The summed E-state index contributed by atoms with van der Waals surface area (Å²) < 4.78 is 46.1. The van der Waals surface area contributed by atoms with Crippen LogP contribution in [0, 0.1) is 5.92 Å². The number of likely N-dealkylation sites (tertiary alicyclic amines) is 1. The average Bonchev–Trinajstić information content (AvgIpc) is 3.49. The van der Waals surface area contributed by atoms with E-state index in [9.17, 15) is 22.8 Å². The van der Waals surface area contributed by atoms with Gasteiger partial charge in [-0.05, 0) is 57.1 Å². The molecule has 2 aromatic rings. The second kappa shape index (κ2) is 8.22. The largest absolute Gasteiger partial charge is 0.444 e. The summed E-state index contributed by atoms with van der Waals surface area (Å²) in [6.07, 6.45) is -4.03. The van der Waals surface area contributed by atoms with Gasteiger partial charge < -0.3 is 15.4 Å². The third kappa shape index (κ3) is 4.33. The maximum Gasteiger partial charge on any atom is 0.416 e. The number of ether oxygens (including phenoxy) is 1. The molecule has 8 nitrogen and oxygen atoms in total. The Morgan fingerprint density at radius 2 is 1.89 bits per heavy atom. The zero-order valence-electron chi connectivity index (χ0n) is 20.5. The predicted molar refractivity (Wildman–Crippen MR) is 124 cm³/mol. The molecule has 0 spiro atoms. The van der Waals surface area contributed by atoms with Crippen LogP contribution >= 0.6 is 0 Å². The number of amides is 2. The summed E-state index contributed by atoms with van der Waals surface area (Å²) in [5, 5.41) is 7.07. The van der Waals surface area contributed by atoms with Crippen LogP contribution in [0.3, 0.4) is 0 Å². The maximum atomic E-state index is 13.6. The summed E-state index contributed by atoms with van der Waals surface area (Å²) in [6, 6.07) is 5.66. The van der Waals surface area contributed by atoms with Crippen LogP contribution in [-0.2, 0) is 24.0 Å². The first-order valence-electron chi connectivity index (χ1n) is 12.0. The first kappa shape index (κ1) is 24.6. The number of nitrogens with one attached hydrogen (secondary N) is 1. The number of alkyl halides is 3. The van der Waals surface area contributed by atoms with E-state index in [4.69, 9.17) is 10.5 Å². The van der Waals surface area contributed by atoms with Gasteiger partial charge in [0.15, 0.2) is 5.69 Å². The number of hydrogen-bond donors (Lipinski definition) is 2. The van der Waals surface area contributed by atoms with Gasteiger partial charge in [0.25, 0.3) is 5.91 Å². The zero-order chi connectivity index (χ0) is 26.0. The number of H-pyrrole nitrogens is 1. The molecule has 1 aromatic heterocycles. The molecule has 2 amide bonds. The lowest BCUT2D eigenvalue weighted by Gasteiger charge is -2.25. The molecule has 2 aliphatic heterocycles. The van der Waals surface area contributed by atoms with E-state index < -0.39 is 29.0 Å². The van der Waals surface area contributed by atoms with Gasteiger partial charge in [0.2, 0.25) is 0 Å². The summed E-state index contributed by atoms with van der Waals surface area (Å²) in [4.78, 5) is 29.0. The van der Waals surface area contributed by atoms with E-state index in [2.05, 4.69) is 10.2 Å². The fourth-order valence-corrected chi connectivity index (χ4v) is 5.85. The van der Waals surface area contributed by atoms with Crippen LogP contribution in [0.5, 0.6) is 0 Å². The molecule has 5 rings (SSSR count). The number of carbonyl (C=O) groups is 2. The third-order valence-corrected chi connectivity index (χ3v) is 7.43. The minimum atomic E-state index is -4.43. The summed E-state index contributed by atoms with van der Waals surface area (Å²) in [5.41, 5.74) is 6.55. The number of rotatable bonds is 2. The van der Waals surface area contributed by atoms with Gasteiger partial charge in [0.1, 0.15) is 5.60 Å². The van der Waals surface area contributed by atoms with Gasteiger partial charge in [-0.1, -0.05) is 18.2 Å². The van der Waals surface area contributed by atoms with Crippen molar-refractivity contribution in [1.29, 1.82) is 0 Å². The molecule has 1 saturated carbocycles. The summed E-state index contributed by atoms with van der Waals surface area (Å²) in [5.74, 6) is -0.713. The number of carbonyl (C=O) groups excluding carboxylic acids is 2. The van der Waals surface area contributed by atoms with E-state index >= 15 is 0 Å². The van der Waals surface area contributed by atoms with Crippen LogP contribution in [0.1, 0.15) is 72.4 Å². The molecular formula is C25H30F3N5O3. The number of halogens is 3. The molecule has 1 aromatic carbocycles. The van der Waals surface area contributed by atoms with Crippen molar-refractivity contribution < 1.29 is 27.5 Å². The highest BCUT2D eigenvalue weighted by Crippen LogP contribution is 2.50. The second-order valence-electron chi connectivity index (χ2n) is 11.2. The molecule has 3 N–H and O–H groups in total. The zero-order valence-corrected chi connectivity index (χ0v) is 20.5. The molecule has 36 heavy (non-hydrogen) atoms. The number of nitrogens with zero attached hydrogens (tertiary/aromatic N) is 3. The average molecular weight is 506 g/mol. The first-order chi connectivity index (χ1) is 16.7. The Labute approximate surface area is 207 Å². The molecule has 2 fully saturated rings. The maximum absolute atomic E-state index is 13.6. The molecule has 1 saturated heterocycles. The van der Waals surface area contributed by atoms with Gasteiger partial charge in [0.05, 0.1) is 24.3 Å². The second-order valence-corrected chi connectivity index (χ2v) is 11.2. The topological polar surface area (TPSA) is 105 Å². The van der Waals surface area contributed by atoms with Gasteiger partial charge in [-0.15, -0.1) is 0 Å². The molecular weight excluding hydrogens is 475 g/mol. The van der Waals surface area contributed by atoms with Crippen molar-refractivity contribution >= 4 is 12.0 Å². The van der Waals surface area contributed by atoms with Gasteiger partial charge >= 0.3 is 12.3 Å². The highest BCUT2D eigenvalue weighted by atomic mass is 19.4. The van der Waals surface area contributed by atoms with Crippen LogP contribution < -0.4 is 5.73 Å². The van der Waals surface area contributed by atoms with Gasteiger partial charge in [-0.3, -0.25) is 14.8 Å². The van der Waals surface area contributed by atoms with Crippen molar-refractivity contribution in [3.8, 4) is 0 Å². The lowest BCUT2D eigenvalue weighted by molar-refractivity contribution is -0.138. The number of fused-ring (bicyclic) bond motifs is 2. The quantitative estimate of drug-likeness (QED) is 0.642. The normalized spacial score (nSPS) is 25.8. The highest BCUT2D eigenvalue weighted by Gasteiger charge is 2.53. The molecule has 3 atom stereocenters. The Morgan fingerprint density at radius 1 is 1.17 bits per heavy atom. The standard InChI is InChI=1S/C25H30F3N5O3/c1-23(2,3)36-22(35)32-11-17-19(12-32)30-31-20(17)21(34)33-10-15-8-14(9-24(15,29)13-33)16-6-4-5-7-18(16)25(26,27)28/h4-7,14-15H,8-13,29H2,1-3H3,(H,30,31)/t14-,15-,24-/m1/s1. The molecule has 0 radical (unpaired) electrons. The summed E-state index contributed by atoms with van der Waals surface area (Å²) in [6.45, 7) is 6.45. The fraction of sp³-hybridized carbons (Fsp3) is 0.560. The van der Waals surface area contributed by atoms with Gasteiger partial charge in [-0.2, -0.15) is 18.3 Å². The van der Waals surface area contributed by atoms with Crippen molar-refractivity contribution in [2.45, 2.75) is 69.9 Å². The van der Waals surface area contributed by atoms with E-state index in [0.29, 0.717) is 30.6 Å². The molecule has 3 heterocycles. The van der Waals surface area contributed by atoms with E-state index in [1.54, 1.807) is 31.7 Å². The lowest BCUT2D eigenvalue weighted by atomic mass is 9.89. The molecule has 0 unspecified atom stereocenters. The lowest BCUT2D eigenvalue weighted by Crippen LogP contribution is -2.45. The van der Waals surface area contributed by atoms with Crippen molar-refractivity contribution in [2.24, 2.45) is 11.7 Å². The summed E-state index contributed by atoms with van der Waals surface area (Å²) in [7, 11) is 0. The Kier molecular flexibility index (Phi) is 5.62. The molecule has 3 aliphatic rings. The van der Waals surface area contributed by atoms with Crippen LogP contribution in [0.2, 0.25) is 0 Å². The number of nitrogens with two attached hydrogens (primary N) is 1. The van der Waals surface area contributed by atoms with E-state index in [1.807, 2.05) is 0 Å². The number of aromatic amines is 1. The molecule has 11 heteroatoms. The fourth-order valence-electron chi connectivity index (χ4n) is 5.85. The van der Waals surface area contributed by atoms with Gasteiger partial charge in [0, 0.05) is 24.2 Å². The SMILES string of the molecule is CC(C)(C)OC(=O)N1Cc2[nH]nc(C(=O)N3C[C@H]4C[C@@H](c5ccccc5C(F)(F)F)C[C@@]4(N)C3)c2C1. The first-order valence-corrected chi connectivity index (χ1v) is 12.0. The number of aromatic nitrogens is 2. The van der Waals surface area contributed by atoms with E-state index in [-0.39, 0.29) is 48.6 Å². The number of benzene rings is 1. The van der Waals surface area contributed by atoms with E-state index in [1.165, 1.54) is 17.0 Å². The Bertz CT molecular complexity index is 1200. The Hall–Kier alpha value is -3.08. The van der Waals surface area contributed by atoms with Crippen molar-refractivity contribution in [2.75, 3.05) is 13.1 Å². The van der Waals surface area contributed by atoms with Crippen LogP contribution in [0.25, 0.3) is 0 Å². The highest BCUT2D eigenvalue weighted by molar-refractivity contribution is 5.94. The van der Waals surface area contributed by atoms with E-state index in [0.717, 1.165) is 6.07 Å². The monoisotopic (exact) mass is 505 g/mol. The minimum absolute atomic E-state index is 0.113. The smallest absolute Gasteiger partial charge is 0.416 e. The van der Waals surface area contributed by atoms with Crippen LogP contribution in [-0.4, -0.2) is 56.2 Å². The van der Waals surface area contributed by atoms with Crippen molar-refractivity contribution in [3.63, 3.8) is 0 Å². The van der Waals surface area contributed by atoms with Crippen molar-refractivity contribution in [1.82, 2.24) is 20.0 Å². The van der Waals surface area contributed by atoms with Crippen LogP contribution in [0.15, 0.2) is 24.3 Å². The molecule has 0 bridgehead atoms. The van der Waals surface area contributed by atoms with Gasteiger partial charge in [-0.25, -0.2) is 4.79 Å². The minimum Gasteiger partial charge on any atom is -0.444 e. The predicted octanol–water partition coefficient (Wildman–Crippen LogP) is 4.03. The Balaban J connectivity index is 1.28. The molecule has 1 aliphatic carbocycles.